The van der Waals surface area contributed by atoms with Crippen LogP contribution in [-0.4, -0.2) is 21.7 Å². The average molecular weight is 538 g/mol. The zero-order valence-corrected chi connectivity index (χ0v) is 25.0. The Hall–Kier alpha value is -2.88. The summed E-state index contributed by atoms with van der Waals surface area (Å²) in [4.78, 5) is 14.1. The van der Waals surface area contributed by atoms with E-state index in [-0.39, 0.29) is 23.3 Å². The fourth-order valence-electron chi connectivity index (χ4n) is 8.70. The molecule has 3 aromatic rings. The SMILES string of the molecule is CCC1CC2CC(C)CC(C(C)NC(=O)C3CCCc4c3nn(Cc3ccccc3)c4-c3ccc(C)cc3)(C1)C2. The van der Waals surface area contributed by atoms with E-state index in [1.807, 2.05) is 0 Å². The first-order valence-corrected chi connectivity index (χ1v) is 15.9. The van der Waals surface area contributed by atoms with Crippen molar-refractivity contribution in [2.24, 2.45) is 23.2 Å². The van der Waals surface area contributed by atoms with Gasteiger partial charge in [0, 0.05) is 17.2 Å². The van der Waals surface area contributed by atoms with Crippen molar-refractivity contribution < 1.29 is 4.79 Å². The van der Waals surface area contributed by atoms with E-state index >= 15 is 0 Å². The Kier molecular flexibility index (Phi) is 7.63. The van der Waals surface area contributed by atoms with Gasteiger partial charge in [0.25, 0.3) is 0 Å². The highest BCUT2D eigenvalue weighted by Gasteiger charge is 2.48. The van der Waals surface area contributed by atoms with Crippen LogP contribution in [0, 0.1) is 30.1 Å². The number of aryl methyl sites for hydroxylation is 1. The van der Waals surface area contributed by atoms with E-state index in [1.165, 1.54) is 66.5 Å². The molecule has 4 heteroatoms. The van der Waals surface area contributed by atoms with Crippen LogP contribution in [0.15, 0.2) is 54.6 Å². The topological polar surface area (TPSA) is 46.9 Å². The summed E-state index contributed by atoms with van der Waals surface area (Å²) < 4.78 is 2.17. The summed E-state index contributed by atoms with van der Waals surface area (Å²) in [5.41, 5.74) is 7.38. The van der Waals surface area contributed by atoms with E-state index in [0.29, 0.717) is 6.54 Å². The van der Waals surface area contributed by atoms with Crippen molar-refractivity contribution >= 4 is 5.91 Å². The van der Waals surface area contributed by atoms with Gasteiger partial charge in [-0.3, -0.25) is 9.48 Å². The number of nitrogens with zero attached hydrogens (tertiary/aromatic N) is 2. The number of carbonyl (C=O) groups is 1. The summed E-state index contributed by atoms with van der Waals surface area (Å²) in [5.74, 6) is 2.40. The van der Waals surface area contributed by atoms with E-state index < -0.39 is 0 Å². The lowest BCUT2D eigenvalue weighted by atomic mass is 9.54. The second-order valence-electron chi connectivity index (χ2n) is 13.6. The van der Waals surface area contributed by atoms with Crippen molar-refractivity contribution in [2.45, 2.75) is 104 Å². The highest BCUT2D eigenvalue weighted by molar-refractivity contribution is 5.85. The van der Waals surface area contributed by atoms with Crippen LogP contribution in [0.4, 0.5) is 0 Å². The van der Waals surface area contributed by atoms with E-state index in [4.69, 9.17) is 5.10 Å². The summed E-state index contributed by atoms with van der Waals surface area (Å²) in [7, 11) is 0. The van der Waals surface area contributed by atoms with Crippen molar-refractivity contribution in [2.75, 3.05) is 0 Å². The Morgan fingerprint density at radius 1 is 1.07 bits per heavy atom. The minimum absolute atomic E-state index is 0.175. The lowest BCUT2D eigenvalue weighted by molar-refractivity contribution is -0.126. The smallest absolute Gasteiger partial charge is 0.229 e. The summed E-state index contributed by atoms with van der Waals surface area (Å²) in [6.07, 6.45) is 10.7. The zero-order chi connectivity index (χ0) is 27.9. The van der Waals surface area contributed by atoms with Crippen molar-refractivity contribution in [3.63, 3.8) is 0 Å². The van der Waals surface area contributed by atoms with Crippen LogP contribution in [0.25, 0.3) is 11.3 Å². The maximum atomic E-state index is 14.1. The van der Waals surface area contributed by atoms with Gasteiger partial charge in [-0.1, -0.05) is 80.4 Å². The van der Waals surface area contributed by atoms with Gasteiger partial charge in [0.1, 0.15) is 0 Å². The number of carbonyl (C=O) groups excluding carboxylic acids is 1. The molecular formula is C36H47N3O. The predicted molar refractivity (Wildman–Crippen MR) is 163 cm³/mol. The molecule has 1 amide bonds. The molecule has 6 unspecified atom stereocenters. The highest BCUT2D eigenvalue weighted by Crippen LogP contribution is 2.55. The van der Waals surface area contributed by atoms with E-state index in [2.05, 4.69) is 92.3 Å². The van der Waals surface area contributed by atoms with Gasteiger partial charge >= 0.3 is 0 Å². The molecule has 0 radical (unpaired) electrons. The summed E-state index contributed by atoms with van der Waals surface area (Å²) in [5, 5.41) is 8.83. The Bertz CT molecular complexity index is 1320. The Morgan fingerprint density at radius 3 is 2.60 bits per heavy atom. The third-order valence-corrected chi connectivity index (χ3v) is 10.6. The molecule has 6 rings (SSSR count). The maximum absolute atomic E-state index is 14.1. The van der Waals surface area contributed by atoms with Crippen LogP contribution in [0.2, 0.25) is 0 Å². The van der Waals surface area contributed by atoms with Gasteiger partial charge in [-0.25, -0.2) is 0 Å². The number of aromatic nitrogens is 2. The first-order chi connectivity index (χ1) is 19.3. The minimum Gasteiger partial charge on any atom is -0.353 e. The van der Waals surface area contributed by atoms with Gasteiger partial charge in [0.15, 0.2) is 0 Å². The second kappa shape index (κ2) is 11.2. The molecule has 1 N–H and O–H groups in total. The van der Waals surface area contributed by atoms with Crippen molar-refractivity contribution in [3.8, 4) is 11.3 Å². The third-order valence-electron chi connectivity index (χ3n) is 10.6. The Balaban J connectivity index is 1.30. The molecule has 0 aliphatic heterocycles. The molecule has 0 spiro atoms. The van der Waals surface area contributed by atoms with Crippen molar-refractivity contribution in [3.05, 3.63) is 77.0 Å². The molecule has 1 aromatic heterocycles. The number of rotatable bonds is 7. The van der Waals surface area contributed by atoms with Gasteiger partial charge < -0.3 is 5.32 Å². The van der Waals surface area contributed by atoms with Gasteiger partial charge in [-0.05, 0) is 93.9 Å². The quantitative estimate of drug-likeness (QED) is 0.331. The molecule has 40 heavy (non-hydrogen) atoms. The van der Waals surface area contributed by atoms with Crippen LogP contribution in [0.5, 0.6) is 0 Å². The minimum atomic E-state index is -0.175. The molecule has 2 fully saturated rings. The van der Waals surface area contributed by atoms with Crippen LogP contribution in [0.3, 0.4) is 0 Å². The summed E-state index contributed by atoms with van der Waals surface area (Å²) >= 11 is 0. The number of amides is 1. The van der Waals surface area contributed by atoms with Gasteiger partial charge in [0.2, 0.25) is 5.91 Å². The molecule has 3 aliphatic rings. The fourth-order valence-corrected chi connectivity index (χ4v) is 8.70. The monoisotopic (exact) mass is 537 g/mol. The molecule has 3 aliphatic carbocycles. The maximum Gasteiger partial charge on any atom is 0.229 e. The average Bonchev–Trinajstić information content (AvgIpc) is 3.31. The number of nitrogens with one attached hydrogen (secondary N) is 1. The number of hydrogen-bond acceptors (Lipinski definition) is 2. The van der Waals surface area contributed by atoms with Gasteiger partial charge in [0.05, 0.1) is 23.9 Å². The molecular weight excluding hydrogens is 490 g/mol. The molecule has 0 saturated heterocycles. The molecule has 2 bridgehead atoms. The molecule has 2 aromatic carbocycles. The highest BCUT2D eigenvalue weighted by atomic mass is 16.2. The summed E-state index contributed by atoms with van der Waals surface area (Å²) in [6, 6.07) is 19.6. The number of hydrogen-bond donors (Lipinski definition) is 1. The van der Waals surface area contributed by atoms with E-state index in [1.54, 1.807) is 0 Å². The van der Waals surface area contributed by atoms with Crippen molar-refractivity contribution in [1.29, 1.82) is 0 Å². The number of benzene rings is 2. The van der Waals surface area contributed by atoms with Crippen LogP contribution in [-0.2, 0) is 17.8 Å². The molecule has 2 saturated carbocycles. The summed E-state index contributed by atoms with van der Waals surface area (Å²) in [6.45, 7) is 9.93. The molecule has 4 nitrogen and oxygen atoms in total. The zero-order valence-electron chi connectivity index (χ0n) is 25.0. The normalized spacial score (nSPS) is 28.5. The first-order valence-electron chi connectivity index (χ1n) is 15.9. The Morgan fingerprint density at radius 2 is 1.85 bits per heavy atom. The van der Waals surface area contributed by atoms with Crippen LogP contribution in [0.1, 0.15) is 100 Å². The van der Waals surface area contributed by atoms with Gasteiger partial charge in [-0.2, -0.15) is 5.10 Å². The first kappa shape index (κ1) is 27.3. The predicted octanol–water partition coefficient (Wildman–Crippen LogP) is 8.07. The van der Waals surface area contributed by atoms with Crippen LogP contribution < -0.4 is 5.32 Å². The van der Waals surface area contributed by atoms with E-state index in [9.17, 15) is 4.79 Å². The third kappa shape index (κ3) is 5.27. The molecule has 212 valence electrons. The lowest BCUT2D eigenvalue weighted by Gasteiger charge is -2.53. The Labute approximate surface area is 241 Å². The lowest BCUT2D eigenvalue weighted by Crippen LogP contribution is -2.53. The van der Waals surface area contributed by atoms with Crippen LogP contribution >= 0.6 is 0 Å². The van der Waals surface area contributed by atoms with E-state index in [0.717, 1.165) is 42.7 Å². The second-order valence-corrected chi connectivity index (χ2v) is 13.6. The largest absolute Gasteiger partial charge is 0.353 e. The fraction of sp³-hybridized carbons (Fsp3) is 0.556. The molecule has 1 heterocycles. The molecule has 6 atom stereocenters. The van der Waals surface area contributed by atoms with Gasteiger partial charge in [-0.15, -0.1) is 0 Å². The number of fused-ring (bicyclic) bond motifs is 3. The van der Waals surface area contributed by atoms with Crippen molar-refractivity contribution in [1.82, 2.24) is 15.1 Å². The standard InChI is InChI=1S/C36H47N3O/c1-5-27-19-29-18-25(3)20-36(21-27,22-29)26(4)37-35(40)32-13-9-12-31-33(32)38-39(23-28-10-7-6-8-11-28)34(31)30-16-14-24(2)15-17-30/h6-8,10-11,14-17,25-27,29,32H,5,9,12-13,18-23H2,1-4H3,(H,37,40).